The number of rotatable bonds is 3. The van der Waals surface area contributed by atoms with Crippen LogP contribution in [0.2, 0.25) is 0 Å². The third-order valence-electron chi connectivity index (χ3n) is 4.00. The minimum absolute atomic E-state index is 0.0472. The van der Waals surface area contributed by atoms with Crippen LogP contribution in [0.15, 0.2) is 42.5 Å². The quantitative estimate of drug-likeness (QED) is 0.933. The zero-order valence-electron chi connectivity index (χ0n) is 13.0. The highest BCUT2D eigenvalue weighted by Gasteiger charge is 2.36. The molecule has 0 saturated carbocycles. The molecule has 1 aliphatic heterocycles. The number of nitrogens with zero attached hydrogens (tertiary/aromatic N) is 2. The third kappa shape index (κ3) is 3.33. The number of para-hydroxylation sites is 1. The predicted molar refractivity (Wildman–Crippen MR) is 86.6 cm³/mol. The number of nitriles is 1. The molecule has 0 bridgehead atoms. The summed E-state index contributed by atoms with van der Waals surface area (Å²) in [6.45, 7) is 0.0895. The van der Waals surface area contributed by atoms with Gasteiger partial charge in [-0.1, -0.05) is 12.1 Å². The van der Waals surface area contributed by atoms with E-state index in [4.69, 9.17) is 5.26 Å². The summed E-state index contributed by atoms with van der Waals surface area (Å²) in [6.07, 6.45) is -0.0472. The lowest BCUT2D eigenvalue weighted by Crippen LogP contribution is -2.28. The first-order valence-electron chi connectivity index (χ1n) is 7.55. The molecule has 0 aromatic heterocycles. The van der Waals surface area contributed by atoms with Crippen molar-refractivity contribution in [2.75, 3.05) is 16.8 Å². The zero-order chi connectivity index (χ0) is 18.0. The van der Waals surface area contributed by atoms with E-state index in [1.807, 2.05) is 6.07 Å². The second kappa shape index (κ2) is 6.69. The number of hydrogen-bond acceptors (Lipinski definition) is 3. The van der Waals surface area contributed by atoms with Crippen molar-refractivity contribution in [2.24, 2.45) is 5.92 Å². The molecule has 7 heteroatoms. The number of hydrogen-bond donors (Lipinski definition) is 1. The van der Waals surface area contributed by atoms with Crippen LogP contribution in [0.25, 0.3) is 0 Å². The van der Waals surface area contributed by atoms with Gasteiger partial charge in [-0.15, -0.1) is 0 Å². The van der Waals surface area contributed by atoms with E-state index in [9.17, 15) is 18.4 Å². The molecule has 3 rings (SSSR count). The van der Waals surface area contributed by atoms with E-state index in [2.05, 4.69) is 5.32 Å². The minimum Gasteiger partial charge on any atom is -0.323 e. The minimum atomic E-state index is -0.885. The third-order valence-corrected chi connectivity index (χ3v) is 4.00. The van der Waals surface area contributed by atoms with Crippen LogP contribution < -0.4 is 10.2 Å². The van der Waals surface area contributed by atoms with Gasteiger partial charge in [0.15, 0.2) is 0 Å². The number of amides is 2. The fourth-order valence-corrected chi connectivity index (χ4v) is 2.75. The topological polar surface area (TPSA) is 73.2 Å². The molecule has 1 unspecified atom stereocenters. The molecule has 2 aromatic rings. The predicted octanol–water partition coefficient (Wildman–Crippen LogP) is 2.83. The summed E-state index contributed by atoms with van der Waals surface area (Å²) in [5.41, 5.74) is 0.634. The van der Waals surface area contributed by atoms with E-state index in [1.54, 1.807) is 24.3 Å². The summed E-state index contributed by atoms with van der Waals surface area (Å²) in [5, 5.41) is 11.5. The summed E-state index contributed by atoms with van der Waals surface area (Å²) in [6, 6.07) is 11.5. The summed E-state index contributed by atoms with van der Waals surface area (Å²) in [7, 11) is 0. The SMILES string of the molecule is N#Cc1ccccc1N1CC(C(=O)Nc2ccc(F)cc2F)CC1=O. The van der Waals surface area contributed by atoms with Crippen molar-refractivity contribution in [3.63, 3.8) is 0 Å². The summed E-state index contributed by atoms with van der Waals surface area (Å²) in [5.74, 6) is -3.14. The van der Waals surface area contributed by atoms with E-state index in [0.29, 0.717) is 17.3 Å². The standard InChI is InChI=1S/C18H13F2N3O2/c19-13-5-6-15(14(20)8-13)22-18(25)12-7-17(24)23(10-12)16-4-2-1-3-11(16)9-21/h1-6,8,12H,7,10H2,(H,22,25). The Morgan fingerprint density at radius 2 is 2.00 bits per heavy atom. The molecular weight excluding hydrogens is 328 g/mol. The molecule has 1 saturated heterocycles. The summed E-state index contributed by atoms with van der Waals surface area (Å²) < 4.78 is 26.6. The first-order valence-corrected chi connectivity index (χ1v) is 7.55. The maximum absolute atomic E-state index is 13.6. The van der Waals surface area contributed by atoms with Crippen molar-refractivity contribution in [1.29, 1.82) is 5.26 Å². The normalized spacial score (nSPS) is 16.6. The van der Waals surface area contributed by atoms with Crippen LogP contribution in [0.4, 0.5) is 20.2 Å². The van der Waals surface area contributed by atoms with Crippen molar-refractivity contribution < 1.29 is 18.4 Å². The van der Waals surface area contributed by atoms with E-state index in [-0.39, 0.29) is 24.6 Å². The van der Waals surface area contributed by atoms with Gasteiger partial charge >= 0.3 is 0 Å². The van der Waals surface area contributed by atoms with Crippen molar-refractivity contribution in [1.82, 2.24) is 0 Å². The molecule has 25 heavy (non-hydrogen) atoms. The van der Waals surface area contributed by atoms with Gasteiger partial charge in [0.1, 0.15) is 17.7 Å². The lowest BCUT2D eigenvalue weighted by Gasteiger charge is -2.18. The van der Waals surface area contributed by atoms with Crippen LogP contribution in [0.1, 0.15) is 12.0 Å². The lowest BCUT2D eigenvalue weighted by molar-refractivity contribution is -0.122. The second-order valence-electron chi connectivity index (χ2n) is 5.65. The van der Waals surface area contributed by atoms with Crippen molar-refractivity contribution in [3.8, 4) is 6.07 Å². The fraction of sp³-hybridized carbons (Fsp3) is 0.167. The van der Waals surface area contributed by atoms with Gasteiger partial charge in [0.05, 0.1) is 22.9 Å². The van der Waals surface area contributed by atoms with Crippen LogP contribution >= 0.6 is 0 Å². The van der Waals surface area contributed by atoms with E-state index in [1.165, 1.54) is 4.90 Å². The summed E-state index contributed by atoms with van der Waals surface area (Å²) >= 11 is 0. The van der Waals surface area contributed by atoms with Crippen molar-refractivity contribution >= 4 is 23.2 Å². The molecule has 1 aliphatic rings. The van der Waals surface area contributed by atoms with Gasteiger partial charge in [-0.05, 0) is 24.3 Å². The lowest BCUT2D eigenvalue weighted by atomic mass is 10.1. The molecule has 0 spiro atoms. The molecule has 0 aliphatic carbocycles. The highest BCUT2D eigenvalue weighted by molar-refractivity contribution is 6.04. The Morgan fingerprint density at radius 3 is 2.72 bits per heavy atom. The average molecular weight is 341 g/mol. The number of nitrogens with one attached hydrogen (secondary N) is 1. The Morgan fingerprint density at radius 1 is 1.24 bits per heavy atom. The van der Waals surface area contributed by atoms with Crippen molar-refractivity contribution in [2.45, 2.75) is 6.42 Å². The van der Waals surface area contributed by atoms with Gasteiger partial charge in [-0.25, -0.2) is 8.78 Å². The maximum atomic E-state index is 13.6. The molecule has 1 fully saturated rings. The van der Waals surface area contributed by atoms with Crippen LogP contribution in [-0.4, -0.2) is 18.4 Å². The molecule has 126 valence electrons. The first-order chi connectivity index (χ1) is 12.0. The number of carbonyl (C=O) groups is 2. The van der Waals surface area contributed by atoms with Gasteiger partial charge < -0.3 is 10.2 Å². The molecule has 1 N–H and O–H groups in total. The molecule has 1 atom stereocenters. The highest BCUT2D eigenvalue weighted by Crippen LogP contribution is 2.28. The largest absolute Gasteiger partial charge is 0.323 e. The van der Waals surface area contributed by atoms with Crippen LogP contribution in [0, 0.1) is 28.9 Å². The molecule has 0 radical (unpaired) electrons. The van der Waals surface area contributed by atoms with Crippen LogP contribution in [0.5, 0.6) is 0 Å². The van der Waals surface area contributed by atoms with E-state index >= 15 is 0 Å². The van der Waals surface area contributed by atoms with Gasteiger partial charge in [0, 0.05) is 19.0 Å². The molecule has 2 amide bonds. The first kappa shape index (κ1) is 16.6. The van der Waals surface area contributed by atoms with Gasteiger partial charge in [-0.3, -0.25) is 9.59 Å². The number of benzene rings is 2. The van der Waals surface area contributed by atoms with Crippen molar-refractivity contribution in [3.05, 3.63) is 59.7 Å². The fourth-order valence-electron chi connectivity index (χ4n) is 2.75. The number of carbonyl (C=O) groups excluding carboxylic acids is 2. The summed E-state index contributed by atoms with van der Waals surface area (Å²) in [4.78, 5) is 25.9. The van der Waals surface area contributed by atoms with Gasteiger partial charge in [0.25, 0.3) is 0 Å². The Labute approximate surface area is 142 Å². The number of halogens is 2. The second-order valence-corrected chi connectivity index (χ2v) is 5.65. The van der Waals surface area contributed by atoms with Gasteiger partial charge in [0.2, 0.25) is 11.8 Å². The average Bonchev–Trinajstić information content (AvgIpc) is 2.99. The Hall–Kier alpha value is -3.27. The zero-order valence-corrected chi connectivity index (χ0v) is 13.0. The van der Waals surface area contributed by atoms with E-state index in [0.717, 1.165) is 12.1 Å². The van der Waals surface area contributed by atoms with E-state index < -0.39 is 23.5 Å². The Balaban J connectivity index is 1.76. The molecule has 1 heterocycles. The monoisotopic (exact) mass is 341 g/mol. The highest BCUT2D eigenvalue weighted by atomic mass is 19.1. The smallest absolute Gasteiger partial charge is 0.229 e. The number of anilines is 2. The Kier molecular flexibility index (Phi) is 4.44. The molecule has 5 nitrogen and oxygen atoms in total. The molecular formula is C18H13F2N3O2. The Bertz CT molecular complexity index is 892. The van der Waals surface area contributed by atoms with Crippen LogP contribution in [0.3, 0.4) is 0 Å². The van der Waals surface area contributed by atoms with Gasteiger partial charge in [-0.2, -0.15) is 5.26 Å². The maximum Gasteiger partial charge on any atom is 0.229 e. The van der Waals surface area contributed by atoms with Crippen LogP contribution in [-0.2, 0) is 9.59 Å². The molecule has 2 aromatic carbocycles.